The van der Waals surface area contributed by atoms with Crippen LogP contribution in [0.2, 0.25) is 0 Å². The number of anilines is 1. The molecule has 0 aliphatic rings. The molecule has 3 aromatic rings. The molecule has 6 nitrogen and oxygen atoms in total. The Hall–Kier alpha value is -3.26. The second kappa shape index (κ2) is 10.1. The largest absolute Gasteiger partial charge is 0.489 e. The van der Waals surface area contributed by atoms with E-state index >= 15 is 0 Å². The van der Waals surface area contributed by atoms with Gasteiger partial charge in [-0.2, -0.15) is 9.49 Å². The molecule has 8 heteroatoms. The highest BCUT2D eigenvalue weighted by Crippen LogP contribution is 2.36. The van der Waals surface area contributed by atoms with E-state index in [-0.39, 0.29) is 12.4 Å². The third-order valence-electron chi connectivity index (χ3n) is 5.71. The summed E-state index contributed by atoms with van der Waals surface area (Å²) >= 11 is 0. The first-order valence-corrected chi connectivity index (χ1v) is 10.8. The van der Waals surface area contributed by atoms with Gasteiger partial charge in [0, 0.05) is 49.6 Å². The molecule has 0 atom stereocenters. The van der Waals surface area contributed by atoms with Crippen LogP contribution in [0.15, 0.2) is 30.3 Å². The summed E-state index contributed by atoms with van der Waals surface area (Å²) in [6.45, 7) is 4.52. The first kappa shape index (κ1) is 24.4. The summed E-state index contributed by atoms with van der Waals surface area (Å²) in [5, 5.41) is 16.0. The van der Waals surface area contributed by atoms with Gasteiger partial charge in [-0.25, -0.2) is 4.39 Å². The van der Waals surface area contributed by atoms with E-state index < -0.39 is 11.6 Å². The molecule has 0 unspecified atom stereocenters. The van der Waals surface area contributed by atoms with Crippen molar-refractivity contribution in [3.05, 3.63) is 64.5 Å². The van der Waals surface area contributed by atoms with E-state index in [0.29, 0.717) is 35.4 Å². The predicted octanol–water partition coefficient (Wildman–Crippen LogP) is 4.57. The van der Waals surface area contributed by atoms with Gasteiger partial charge < -0.3 is 20.4 Å². The van der Waals surface area contributed by atoms with Gasteiger partial charge in [0.15, 0.2) is 11.6 Å². The van der Waals surface area contributed by atoms with Crippen LogP contribution in [0.1, 0.15) is 22.5 Å². The van der Waals surface area contributed by atoms with Gasteiger partial charge in [-0.15, -0.1) is 0 Å². The minimum absolute atomic E-state index is 0.128. The van der Waals surface area contributed by atoms with Crippen LogP contribution >= 0.6 is 0 Å². The second-order valence-electron chi connectivity index (χ2n) is 8.34. The number of likely N-dealkylation sites (N-methyl/N-ethyl adjacent to an activating group) is 1. The van der Waals surface area contributed by atoms with Gasteiger partial charge in [-0.1, -0.05) is 6.07 Å². The molecule has 3 rings (SSSR count). The van der Waals surface area contributed by atoms with Crippen molar-refractivity contribution in [3.8, 4) is 16.9 Å². The Morgan fingerprint density at radius 3 is 2.52 bits per heavy atom. The Labute approximate surface area is 193 Å². The van der Waals surface area contributed by atoms with Gasteiger partial charge in [0.05, 0.1) is 18.0 Å². The number of rotatable bonds is 9. The zero-order valence-corrected chi connectivity index (χ0v) is 20.0. The van der Waals surface area contributed by atoms with E-state index in [1.165, 1.54) is 6.07 Å². The molecular weight excluding hydrogens is 424 g/mol. The molecule has 176 valence electrons. The summed E-state index contributed by atoms with van der Waals surface area (Å²) in [5.41, 5.74) is 5.94. The predicted molar refractivity (Wildman–Crippen MR) is 129 cm³/mol. The van der Waals surface area contributed by atoms with Crippen molar-refractivity contribution in [1.82, 2.24) is 14.7 Å². The fraction of sp³-hybridized carbons (Fsp3) is 0.360. The Morgan fingerprint density at radius 2 is 1.91 bits per heavy atom. The third-order valence-corrected chi connectivity index (χ3v) is 5.71. The van der Waals surface area contributed by atoms with Crippen molar-refractivity contribution in [3.63, 3.8) is 0 Å². The van der Waals surface area contributed by atoms with Gasteiger partial charge in [-0.3, -0.25) is 4.68 Å². The number of halogens is 2. The van der Waals surface area contributed by atoms with Crippen molar-refractivity contribution in [1.29, 1.82) is 5.41 Å². The molecule has 1 heterocycles. The fourth-order valence-electron chi connectivity index (χ4n) is 3.92. The molecule has 1 aromatic heterocycles. The van der Waals surface area contributed by atoms with E-state index in [1.807, 2.05) is 58.1 Å². The molecular formula is C25H31F2N5O. The van der Waals surface area contributed by atoms with Crippen LogP contribution < -0.4 is 10.1 Å². The third kappa shape index (κ3) is 5.22. The SMILES string of the molecule is CNc1ccc(-c2ccc(F)c(F)c2OCCc2c(C)nn(C)c2C)cc1C(=N)CN(C)C. The van der Waals surface area contributed by atoms with E-state index in [2.05, 4.69) is 10.4 Å². The molecule has 0 amide bonds. The number of aryl methyl sites for hydroxylation is 2. The fourth-order valence-corrected chi connectivity index (χ4v) is 3.92. The van der Waals surface area contributed by atoms with Crippen LogP contribution in [-0.4, -0.2) is 54.7 Å². The number of nitrogens with one attached hydrogen (secondary N) is 2. The highest BCUT2D eigenvalue weighted by Gasteiger charge is 2.19. The van der Waals surface area contributed by atoms with Gasteiger partial charge in [0.1, 0.15) is 0 Å². The number of nitrogens with zero attached hydrogens (tertiary/aromatic N) is 3. The quantitative estimate of drug-likeness (QED) is 0.464. The first-order valence-electron chi connectivity index (χ1n) is 10.8. The molecule has 2 N–H and O–H groups in total. The zero-order valence-electron chi connectivity index (χ0n) is 20.0. The molecule has 0 aliphatic heterocycles. The lowest BCUT2D eigenvalue weighted by Gasteiger charge is -2.17. The minimum Gasteiger partial charge on any atom is -0.489 e. The van der Waals surface area contributed by atoms with E-state index in [1.54, 1.807) is 11.7 Å². The zero-order chi connectivity index (χ0) is 24.3. The second-order valence-corrected chi connectivity index (χ2v) is 8.34. The lowest BCUT2D eigenvalue weighted by Crippen LogP contribution is -2.22. The number of hydrogen-bond acceptors (Lipinski definition) is 5. The van der Waals surface area contributed by atoms with E-state index in [0.717, 1.165) is 28.7 Å². The van der Waals surface area contributed by atoms with Crippen molar-refractivity contribution in [2.45, 2.75) is 20.3 Å². The summed E-state index contributed by atoms with van der Waals surface area (Å²) in [4.78, 5) is 1.91. The smallest absolute Gasteiger partial charge is 0.201 e. The molecule has 0 radical (unpaired) electrons. The lowest BCUT2D eigenvalue weighted by molar-refractivity contribution is 0.300. The first-order chi connectivity index (χ1) is 15.6. The Bertz CT molecular complexity index is 1170. The standard InChI is InChI=1S/C25H31F2N5O/c1-15-18(16(2)32(6)30-15)11-12-33-25-19(8-9-21(26)24(25)27)17-7-10-23(29-3)20(13-17)22(28)14-31(4)5/h7-10,13,28-29H,11-12,14H2,1-6H3. The van der Waals surface area contributed by atoms with Gasteiger partial charge in [-0.05, 0) is 63.3 Å². The molecule has 0 saturated heterocycles. The summed E-state index contributed by atoms with van der Waals surface area (Å²) in [5.74, 6) is -2.11. The van der Waals surface area contributed by atoms with Crippen molar-refractivity contribution >= 4 is 11.4 Å². The van der Waals surface area contributed by atoms with Gasteiger partial charge in [0.2, 0.25) is 5.82 Å². The summed E-state index contributed by atoms with van der Waals surface area (Å²) in [6.07, 6.45) is 0.526. The maximum atomic E-state index is 14.8. The van der Waals surface area contributed by atoms with Crippen LogP contribution in [0.5, 0.6) is 5.75 Å². The summed E-state index contributed by atoms with van der Waals surface area (Å²) < 4.78 is 36.6. The molecule has 0 aliphatic carbocycles. The topological polar surface area (TPSA) is 66.2 Å². The van der Waals surface area contributed by atoms with Crippen LogP contribution in [-0.2, 0) is 13.5 Å². The van der Waals surface area contributed by atoms with E-state index in [9.17, 15) is 8.78 Å². The highest BCUT2D eigenvalue weighted by atomic mass is 19.2. The Morgan fingerprint density at radius 1 is 1.18 bits per heavy atom. The van der Waals surface area contributed by atoms with Crippen LogP contribution in [0, 0.1) is 30.9 Å². The number of ether oxygens (including phenoxy) is 1. The lowest BCUT2D eigenvalue weighted by atomic mass is 9.98. The van der Waals surface area contributed by atoms with Crippen LogP contribution in [0.4, 0.5) is 14.5 Å². The monoisotopic (exact) mass is 455 g/mol. The highest BCUT2D eigenvalue weighted by molar-refractivity contribution is 6.05. The molecule has 33 heavy (non-hydrogen) atoms. The van der Waals surface area contributed by atoms with Gasteiger partial charge in [0.25, 0.3) is 0 Å². The molecule has 0 spiro atoms. The van der Waals surface area contributed by atoms with Gasteiger partial charge >= 0.3 is 0 Å². The maximum Gasteiger partial charge on any atom is 0.201 e. The average Bonchev–Trinajstić information content (AvgIpc) is 3.01. The number of hydrogen-bond donors (Lipinski definition) is 2. The molecule has 0 bridgehead atoms. The Balaban J connectivity index is 1.95. The maximum absolute atomic E-state index is 14.8. The van der Waals surface area contributed by atoms with Crippen LogP contribution in [0.25, 0.3) is 11.1 Å². The Kier molecular flexibility index (Phi) is 7.48. The minimum atomic E-state index is -1.02. The molecule has 2 aromatic carbocycles. The summed E-state index contributed by atoms with van der Waals surface area (Å²) in [6, 6.07) is 8.08. The molecule has 0 saturated carbocycles. The van der Waals surface area contributed by atoms with E-state index in [4.69, 9.17) is 10.1 Å². The average molecular weight is 456 g/mol. The van der Waals surface area contributed by atoms with Crippen LogP contribution in [0.3, 0.4) is 0 Å². The summed E-state index contributed by atoms with van der Waals surface area (Å²) in [7, 11) is 7.45. The number of benzene rings is 2. The van der Waals surface area contributed by atoms with Crippen molar-refractivity contribution in [2.75, 3.05) is 39.6 Å². The normalized spacial score (nSPS) is 11.2. The van der Waals surface area contributed by atoms with Crippen molar-refractivity contribution < 1.29 is 13.5 Å². The van der Waals surface area contributed by atoms with Crippen molar-refractivity contribution in [2.24, 2.45) is 7.05 Å². The number of aromatic nitrogens is 2. The molecule has 0 fully saturated rings.